The molecule has 0 aliphatic carbocycles. The molecular weight excluding hydrogens is 176 g/mol. The molecule has 14 heavy (non-hydrogen) atoms. The molecule has 1 aliphatic rings. The lowest BCUT2D eigenvalue weighted by atomic mass is 10.0. The van der Waals surface area contributed by atoms with Crippen LogP contribution in [0.1, 0.15) is 37.8 Å². The van der Waals surface area contributed by atoms with E-state index in [-0.39, 0.29) is 0 Å². The Morgan fingerprint density at radius 1 is 1.43 bits per heavy atom. The van der Waals surface area contributed by atoms with Crippen molar-refractivity contribution in [3.8, 4) is 0 Å². The Kier molecular flexibility index (Phi) is 3.14. The van der Waals surface area contributed by atoms with Gasteiger partial charge in [-0.05, 0) is 19.4 Å². The van der Waals surface area contributed by atoms with Crippen molar-refractivity contribution in [2.45, 2.75) is 45.1 Å². The minimum absolute atomic E-state index is 0.599. The lowest BCUT2D eigenvalue weighted by molar-refractivity contribution is 0.394. The number of H-pyrrole nitrogens is 1. The molecule has 1 saturated heterocycles. The third-order valence-electron chi connectivity index (χ3n) is 2.75. The first-order valence-electron chi connectivity index (χ1n) is 5.52. The third kappa shape index (κ3) is 2.32. The molecule has 0 spiro atoms. The van der Waals surface area contributed by atoms with Gasteiger partial charge in [0.25, 0.3) is 0 Å². The Morgan fingerprint density at radius 2 is 2.36 bits per heavy atom. The molecule has 0 amide bonds. The molecule has 1 aromatic heterocycles. The van der Waals surface area contributed by atoms with Gasteiger partial charge in [0.05, 0.1) is 0 Å². The van der Waals surface area contributed by atoms with E-state index in [4.69, 9.17) is 0 Å². The van der Waals surface area contributed by atoms with Gasteiger partial charge in [0, 0.05) is 18.9 Å². The highest BCUT2D eigenvalue weighted by Crippen LogP contribution is 2.10. The van der Waals surface area contributed by atoms with E-state index in [0.717, 1.165) is 31.0 Å². The number of nitrogens with one attached hydrogen (secondary N) is 2. The maximum atomic E-state index is 4.42. The van der Waals surface area contributed by atoms with Crippen LogP contribution in [0, 0.1) is 0 Å². The number of nitrogens with zero attached hydrogens (tertiary/aromatic N) is 2. The molecule has 1 unspecified atom stereocenters. The van der Waals surface area contributed by atoms with Gasteiger partial charge >= 0.3 is 0 Å². The van der Waals surface area contributed by atoms with Crippen molar-refractivity contribution in [2.24, 2.45) is 0 Å². The van der Waals surface area contributed by atoms with E-state index in [9.17, 15) is 0 Å². The molecule has 1 fully saturated rings. The molecule has 1 atom stereocenters. The third-order valence-corrected chi connectivity index (χ3v) is 2.75. The van der Waals surface area contributed by atoms with Gasteiger partial charge in [-0.3, -0.25) is 5.10 Å². The van der Waals surface area contributed by atoms with Gasteiger partial charge in [0.15, 0.2) is 0 Å². The Bertz CT molecular complexity index is 275. The number of aromatic nitrogens is 3. The number of aromatic amines is 1. The van der Waals surface area contributed by atoms with Crippen LogP contribution in [0.15, 0.2) is 0 Å². The van der Waals surface area contributed by atoms with Crippen LogP contribution in [0.2, 0.25) is 0 Å². The normalized spacial score (nSPS) is 22.5. The minimum atomic E-state index is 0.599. The molecule has 2 rings (SSSR count). The summed E-state index contributed by atoms with van der Waals surface area (Å²) < 4.78 is 0. The predicted molar refractivity (Wildman–Crippen MR) is 55.1 cm³/mol. The summed E-state index contributed by atoms with van der Waals surface area (Å²) in [4.78, 5) is 4.42. The number of piperidine rings is 1. The van der Waals surface area contributed by atoms with Crippen molar-refractivity contribution in [3.63, 3.8) is 0 Å². The quantitative estimate of drug-likeness (QED) is 0.756. The van der Waals surface area contributed by atoms with Crippen LogP contribution in [0.5, 0.6) is 0 Å². The van der Waals surface area contributed by atoms with Crippen molar-refractivity contribution in [1.29, 1.82) is 0 Å². The van der Waals surface area contributed by atoms with Gasteiger partial charge in [-0.15, -0.1) is 0 Å². The molecule has 1 aromatic rings. The molecule has 0 bridgehead atoms. The van der Waals surface area contributed by atoms with Crippen molar-refractivity contribution < 1.29 is 0 Å². The molecule has 4 nitrogen and oxygen atoms in total. The zero-order valence-corrected chi connectivity index (χ0v) is 8.71. The fraction of sp³-hybridized carbons (Fsp3) is 0.800. The van der Waals surface area contributed by atoms with Crippen LogP contribution in [0.3, 0.4) is 0 Å². The van der Waals surface area contributed by atoms with Gasteiger partial charge in [-0.1, -0.05) is 13.3 Å². The Hall–Kier alpha value is -0.900. The second-order valence-corrected chi connectivity index (χ2v) is 3.90. The molecule has 4 heteroatoms. The molecule has 78 valence electrons. The SMILES string of the molecule is CCc1n[nH]c(CC2CCCCN2)n1. The van der Waals surface area contributed by atoms with Crippen molar-refractivity contribution in [3.05, 3.63) is 11.6 Å². The first kappa shape index (κ1) is 9.65. The van der Waals surface area contributed by atoms with Gasteiger partial charge in [0.1, 0.15) is 11.6 Å². The maximum absolute atomic E-state index is 4.42. The van der Waals surface area contributed by atoms with E-state index in [0.29, 0.717) is 6.04 Å². The molecule has 0 radical (unpaired) electrons. The average Bonchev–Trinajstić information content (AvgIpc) is 2.67. The van der Waals surface area contributed by atoms with E-state index in [1.165, 1.54) is 19.3 Å². The number of aryl methyl sites for hydroxylation is 1. The van der Waals surface area contributed by atoms with Crippen molar-refractivity contribution >= 4 is 0 Å². The van der Waals surface area contributed by atoms with Gasteiger partial charge in [-0.25, -0.2) is 4.98 Å². The summed E-state index contributed by atoms with van der Waals surface area (Å²) in [7, 11) is 0. The summed E-state index contributed by atoms with van der Waals surface area (Å²) >= 11 is 0. The van der Waals surface area contributed by atoms with Gasteiger partial charge in [0.2, 0.25) is 0 Å². The first-order chi connectivity index (χ1) is 6.88. The highest BCUT2D eigenvalue weighted by molar-refractivity contribution is 4.93. The summed E-state index contributed by atoms with van der Waals surface area (Å²) in [5.74, 6) is 1.96. The molecular formula is C10H18N4. The summed E-state index contributed by atoms with van der Waals surface area (Å²) in [6.07, 6.45) is 5.82. The van der Waals surface area contributed by atoms with Crippen molar-refractivity contribution in [2.75, 3.05) is 6.54 Å². The molecule has 0 aromatic carbocycles. The fourth-order valence-corrected chi connectivity index (χ4v) is 1.92. The zero-order valence-electron chi connectivity index (χ0n) is 8.71. The molecule has 1 aliphatic heterocycles. The van der Waals surface area contributed by atoms with Crippen LogP contribution < -0.4 is 5.32 Å². The molecule has 2 N–H and O–H groups in total. The van der Waals surface area contributed by atoms with E-state index in [1.54, 1.807) is 0 Å². The highest BCUT2D eigenvalue weighted by atomic mass is 15.2. The van der Waals surface area contributed by atoms with E-state index in [2.05, 4.69) is 27.4 Å². The summed E-state index contributed by atoms with van der Waals surface area (Å²) in [6.45, 7) is 3.23. The lowest BCUT2D eigenvalue weighted by Gasteiger charge is -2.22. The van der Waals surface area contributed by atoms with E-state index >= 15 is 0 Å². The number of rotatable bonds is 3. The monoisotopic (exact) mass is 194 g/mol. The van der Waals surface area contributed by atoms with Gasteiger partial charge in [-0.2, -0.15) is 5.10 Å². The second kappa shape index (κ2) is 4.55. The lowest BCUT2D eigenvalue weighted by Crippen LogP contribution is -2.35. The first-order valence-corrected chi connectivity index (χ1v) is 5.52. The van der Waals surface area contributed by atoms with Crippen LogP contribution in [-0.4, -0.2) is 27.8 Å². The topological polar surface area (TPSA) is 53.6 Å². The second-order valence-electron chi connectivity index (χ2n) is 3.90. The minimum Gasteiger partial charge on any atom is -0.314 e. The standard InChI is InChI=1S/C10H18N4/c1-2-9-12-10(14-13-9)7-8-5-3-4-6-11-8/h8,11H,2-7H2,1H3,(H,12,13,14). The fourth-order valence-electron chi connectivity index (χ4n) is 1.92. The van der Waals surface area contributed by atoms with Crippen LogP contribution in [0.4, 0.5) is 0 Å². The largest absolute Gasteiger partial charge is 0.314 e. The number of hydrogen-bond donors (Lipinski definition) is 2. The van der Waals surface area contributed by atoms with Crippen LogP contribution >= 0.6 is 0 Å². The van der Waals surface area contributed by atoms with Gasteiger partial charge < -0.3 is 5.32 Å². The molecule has 2 heterocycles. The Morgan fingerprint density at radius 3 is 3.00 bits per heavy atom. The zero-order chi connectivity index (χ0) is 9.80. The summed E-state index contributed by atoms with van der Waals surface area (Å²) in [5.41, 5.74) is 0. The van der Waals surface area contributed by atoms with E-state index < -0.39 is 0 Å². The number of hydrogen-bond acceptors (Lipinski definition) is 3. The Balaban J connectivity index is 1.89. The highest BCUT2D eigenvalue weighted by Gasteiger charge is 2.14. The smallest absolute Gasteiger partial charge is 0.150 e. The van der Waals surface area contributed by atoms with Crippen molar-refractivity contribution in [1.82, 2.24) is 20.5 Å². The average molecular weight is 194 g/mol. The van der Waals surface area contributed by atoms with Crippen LogP contribution in [0.25, 0.3) is 0 Å². The predicted octanol–water partition coefficient (Wildman–Crippen LogP) is 1.05. The van der Waals surface area contributed by atoms with Crippen LogP contribution in [-0.2, 0) is 12.8 Å². The van der Waals surface area contributed by atoms with E-state index in [1.807, 2.05) is 0 Å². The summed E-state index contributed by atoms with van der Waals surface area (Å²) in [6, 6.07) is 0.599. The Labute approximate surface area is 84.5 Å². The summed E-state index contributed by atoms with van der Waals surface area (Å²) in [5, 5.41) is 10.6. The maximum Gasteiger partial charge on any atom is 0.150 e. The molecule has 0 saturated carbocycles.